The highest BCUT2D eigenvalue weighted by Crippen LogP contribution is 2.22. The molecule has 0 spiro atoms. The summed E-state index contributed by atoms with van der Waals surface area (Å²) in [5.74, 6) is 0. The second-order valence-electron chi connectivity index (χ2n) is 3.95. The molecule has 1 heterocycles. The van der Waals surface area contributed by atoms with Crippen LogP contribution in [0.3, 0.4) is 0 Å². The SMILES string of the molecule is C=CCCCC(N)C1CCC(C)O1. The lowest BCUT2D eigenvalue weighted by Crippen LogP contribution is -2.34. The first-order valence-corrected chi connectivity index (χ1v) is 5.26. The van der Waals surface area contributed by atoms with Crippen LogP contribution in [0, 0.1) is 0 Å². The van der Waals surface area contributed by atoms with Gasteiger partial charge < -0.3 is 10.5 Å². The van der Waals surface area contributed by atoms with Crippen LogP contribution >= 0.6 is 0 Å². The maximum absolute atomic E-state index is 6.02. The van der Waals surface area contributed by atoms with Gasteiger partial charge in [0.05, 0.1) is 12.2 Å². The van der Waals surface area contributed by atoms with Crippen molar-refractivity contribution in [2.75, 3.05) is 0 Å². The molecular weight excluding hydrogens is 162 g/mol. The maximum atomic E-state index is 6.02. The molecule has 2 heteroatoms. The molecular formula is C11H21NO. The van der Waals surface area contributed by atoms with Gasteiger partial charge in [-0.1, -0.05) is 6.08 Å². The van der Waals surface area contributed by atoms with E-state index in [0.717, 1.165) is 25.7 Å². The third-order valence-corrected chi connectivity index (χ3v) is 2.69. The normalized spacial score (nSPS) is 30.3. The third-order valence-electron chi connectivity index (χ3n) is 2.69. The highest BCUT2D eigenvalue weighted by atomic mass is 16.5. The molecule has 0 amide bonds. The van der Waals surface area contributed by atoms with Gasteiger partial charge in [-0.15, -0.1) is 6.58 Å². The summed E-state index contributed by atoms with van der Waals surface area (Å²) in [6, 6.07) is 0.227. The standard InChI is InChI=1S/C11H21NO/c1-3-4-5-6-10(12)11-8-7-9(2)13-11/h3,9-11H,1,4-8,12H2,2H3. The van der Waals surface area contributed by atoms with E-state index < -0.39 is 0 Å². The minimum atomic E-state index is 0.227. The van der Waals surface area contributed by atoms with E-state index in [-0.39, 0.29) is 6.04 Å². The van der Waals surface area contributed by atoms with Crippen molar-refractivity contribution in [1.82, 2.24) is 0 Å². The molecule has 0 aromatic heterocycles. The van der Waals surface area contributed by atoms with E-state index in [9.17, 15) is 0 Å². The van der Waals surface area contributed by atoms with Crippen molar-refractivity contribution in [2.45, 2.75) is 57.3 Å². The highest BCUT2D eigenvalue weighted by Gasteiger charge is 2.26. The quantitative estimate of drug-likeness (QED) is 0.524. The minimum Gasteiger partial charge on any atom is -0.374 e. The van der Waals surface area contributed by atoms with Crippen LogP contribution < -0.4 is 5.73 Å². The van der Waals surface area contributed by atoms with Crippen molar-refractivity contribution in [3.8, 4) is 0 Å². The fraction of sp³-hybridized carbons (Fsp3) is 0.818. The number of ether oxygens (including phenoxy) is 1. The summed E-state index contributed by atoms with van der Waals surface area (Å²) in [6.07, 6.45) is 8.23. The lowest BCUT2D eigenvalue weighted by Gasteiger charge is -2.18. The Morgan fingerprint density at radius 3 is 2.92 bits per heavy atom. The first-order chi connectivity index (χ1) is 6.24. The Morgan fingerprint density at radius 2 is 2.38 bits per heavy atom. The van der Waals surface area contributed by atoms with Crippen LogP contribution in [0.2, 0.25) is 0 Å². The number of nitrogens with two attached hydrogens (primary N) is 1. The van der Waals surface area contributed by atoms with Gasteiger partial charge in [0.1, 0.15) is 0 Å². The molecule has 13 heavy (non-hydrogen) atoms. The van der Waals surface area contributed by atoms with Gasteiger partial charge in [-0.05, 0) is 39.0 Å². The molecule has 1 aliphatic heterocycles. The lowest BCUT2D eigenvalue weighted by molar-refractivity contribution is 0.0384. The summed E-state index contributed by atoms with van der Waals surface area (Å²) < 4.78 is 5.70. The zero-order chi connectivity index (χ0) is 9.68. The number of allylic oxidation sites excluding steroid dienone is 1. The van der Waals surface area contributed by atoms with Crippen LogP contribution in [0.1, 0.15) is 39.0 Å². The van der Waals surface area contributed by atoms with Crippen molar-refractivity contribution >= 4 is 0 Å². The van der Waals surface area contributed by atoms with E-state index in [1.807, 2.05) is 6.08 Å². The fourth-order valence-corrected chi connectivity index (χ4v) is 1.83. The Balaban J connectivity index is 2.15. The van der Waals surface area contributed by atoms with Crippen LogP contribution in [-0.2, 0) is 4.74 Å². The third kappa shape index (κ3) is 3.49. The topological polar surface area (TPSA) is 35.2 Å². The number of unbranched alkanes of at least 4 members (excludes halogenated alkanes) is 1. The van der Waals surface area contributed by atoms with Gasteiger partial charge in [0.15, 0.2) is 0 Å². The highest BCUT2D eigenvalue weighted by molar-refractivity contribution is 4.81. The van der Waals surface area contributed by atoms with E-state index in [1.54, 1.807) is 0 Å². The largest absolute Gasteiger partial charge is 0.374 e. The van der Waals surface area contributed by atoms with Gasteiger partial charge in [-0.25, -0.2) is 0 Å². The Morgan fingerprint density at radius 1 is 1.62 bits per heavy atom. The molecule has 0 aliphatic carbocycles. The predicted molar refractivity (Wildman–Crippen MR) is 55.6 cm³/mol. The van der Waals surface area contributed by atoms with Crippen molar-refractivity contribution in [1.29, 1.82) is 0 Å². The molecule has 0 bridgehead atoms. The molecule has 0 aromatic rings. The van der Waals surface area contributed by atoms with E-state index in [0.29, 0.717) is 12.2 Å². The second kappa shape index (κ2) is 5.40. The van der Waals surface area contributed by atoms with Gasteiger partial charge in [-0.2, -0.15) is 0 Å². The lowest BCUT2D eigenvalue weighted by atomic mass is 10.0. The van der Waals surface area contributed by atoms with Gasteiger partial charge >= 0.3 is 0 Å². The van der Waals surface area contributed by atoms with Crippen LogP contribution in [0.4, 0.5) is 0 Å². The van der Waals surface area contributed by atoms with Crippen LogP contribution in [0.25, 0.3) is 0 Å². The molecule has 0 aromatic carbocycles. The van der Waals surface area contributed by atoms with Crippen molar-refractivity contribution in [3.05, 3.63) is 12.7 Å². The zero-order valence-corrected chi connectivity index (χ0v) is 8.54. The van der Waals surface area contributed by atoms with Gasteiger partial charge in [0, 0.05) is 6.04 Å². The number of hydrogen-bond donors (Lipinski definition) is 1. The average molecular weight is 183 g/mol. The smallest absolute Gasteiger partial charge is 0.0730 e. The summed E-state index contributed by atoms with van der Waals surface area (Å²) in [7, 11) is 0. The van der Waals surface area contributed by atoms with E-state index >= 15 is 0 Å². The molecule has 1 saturated heterocycles. The minimum absolute atomic E-state index is 0.227. The molecule has 1 rings (SSSR count). The molecule has 2 N–H and O–H groups in total. The summed E-state index contributed by atoms with van der Waals surface area (Å²) in [6.45, 7) is 5.82. The molecule has 3 unspecified atom stereocenters. The maximum Gasteiger partial charge on any atom is 0.0730 e. The van der Waals surface area contributed by atoms with Crippen molar-refractivity contribution in [2.24, 2.45) is 5.73 Å². The Hall–Kier alpha value is -0.340. The number of rotatable bonds is 5. The first-order valence-electron chi connectivity index (χ1n) is 5.26. The van der Waals surface area contributed by atoms with Crippen LogP contribution in [0.15, 0.2) is 12.7 Å². The van der Waals surface area contributed by atoms with E-state index in [4.69, 9.17) is 10.5 Å². The second-order valence-corrected chi connectivity index (χ2v) is 3.95. The van der Waals surface area contributed by atoms with Gasteiger partial charge in [-0.3, -0.25) is 0 Å². The monoisotopic (exact) mass is 183 g/mol. The molecule has 1 aliphatic rings. The Bertz CT molecular complexity index is 158. The molecule has 0 radical (unpaired) electrons. The average Bonchev–Trinajstić information content (AvgIpc) is 2.52. The molecule has 1 fully saturated rings. The predicted octanol–water partition coefficient (Wildman–Crippen LogP) is 2.24. The van der Waals surface area contributed by atoms with Crippen molar-refractivity contribution in [3.63, 3.8) is 0 Å². The first kappa shape index (κ1) is 10.7. The summed E-state index contributed by atoms with van der Waals surface area (Å²) in [5.41, 5.74) is 6.02. The summed E-state index contributed by atoms with van der Waals surface area (Å²) >= 11 is 0. The zero-order valence-electron chi connectivity index (χ0n) is 8.54. The van der Waals surface area contributed by atoms with Crippen molar-refractivity contribution < 1.29 is 4.74 Å². The summed E-state index contributed by atoms with van der Waals surface area (Å²) in [5, 5.41) is 0. The van der Waals surface area contributed by atoms with Crippen LogP contribution in [0.5, 0.6) is 0 Å². The van der Waals surface area contributed by atoms with Gasteiger partial charge in [0.2, 0.25) is 0 Å². The molecule has 2 nitrogen and oxygen atoms in total. The van der Waals surface area contributed by atoms with Crippen LogP contribution in [-0.4, -0.2) is 18.2 Å². The summed E-state index contributed by atoms with van der Waals surface area (Å²) in [4.78, 5) is 0. The van der Waals surface area contributed by atoms with Gasteiger partial charge in [0.25, 0.3) is 0 Å². The Kier molecular flexibility index (Phi) is 4.46. The molecule has 0 saturated carbocycles. The molecule has 76 valence electrons. The fourth-order valence-electron chi connectivity index (χ4n) is 1.83. The molecule has 3 atom stereocenters. The van der Waals surface area contributed by atoms with E-state index in [2.05, 4.69) is 13.5 Å². The number of hydrogen-bond acceptors (Lipinski definition) is 2. The van der Waals surface area contributed by atoms with E-state index in [1.165, 1.54) is 6.42 Å². The Labute approximate surface area is 81.1 Å².